The number of hydrogen-bond donors (Lipinski definition) is 0. The highest BCUT2D eigenvalue weighted by molar-refractivity contribution is 4.92. The lowest BCUT2D eigenvalue weighted by Gasteiger charge is -2.28. The highest BCUT2D eigenvalue weighted by Crippen LogP contribution is 2.26. The van der Waals surface area contributed by atoms with Crippen LogP contribution in [-0.4, -0.2) is 16.8 Å². The maximum absolute atomic E-state index is 5.87. The Balaban J connectivity index is 2.77. The second-order valence-electron chi connectivity index (χ2n) is 6.39. The summed E-state index contributed by atoms with van der Waals surface area (Å²) in [6, 6.07) is 0. The minimum atomic E-state index is -0.0505. The van der Waals surface area contributed by atoms with Crippen LogP contribution >= 0.6 is 0 Å². The van der Waals surface area contributed by atoms with Crippen molar-refractivity contribution in [2.24, 2.45) is 7.05 Å². The molecule has 1 unspecified atom stereocenters. The summed E-state index contributed by atoms with van der Waals surface area (Å²) in [4.78, 5) is 0. The smallest absolute Gasteiger partial charge is 0.253 e. The third kappa shape index (κ3) is 3.58. The standard InChI is InChI=1S/C15H29N2O/c1-8-15(6,9-12-18-14(3,4)5)17-11-10-16(7)13(17)2/h10-11H,8-9,12H2,1-7H3/q+1. The van der Waals surface area contributed by atoms with Crippen LogP contribution < -0.4 is 4.57 Å². The summed E-state index contributed by atoms with van der Waals surface area (Å²) in [5.41, 5.74) is 0.0850. The van der Waals surface area contributed by atoms with Gasteiger partial charge in [-0.15, -0.1) is 0 Å². The molecule has 0 N–H and O–H groups in total. The van der Waals surface area contributed by atoms with Crippen LogP contribution in [-0.2, 0) is 17.3 Å². The van der Waals surface area contributed by atoms with Crippen molar-refractivity contribution >= 4 is 0 Å². The first-order valence-electron chi connectivity index (χ1n) is 6.87. The predicted molar refractivity (Wildman–Crippen MR) is 74.6 cm³/mol. The molecular weight excluding hydrogens is 224 g/mol. The van der Waals surface area contributed by atoms with Gasteiger partial charge >= 0.3 is 0 Å². The Hall–Kier alpha value is -0.830. The van der Waals surface area contributed by atoms with E-state index >= 15 is 0 Å². The van der Waals surface area contributed by atoms with Gasteiger partial charge in [-0.3, -0.25) is 0 Å². The Kier molecular flexibility index (Phi) is 4.60. The molecule has 3 nitrogen and oxygen atoms in total. The molecule has 104 valence electrons. The van der Waals surface area contributed by atoms with E-state index in [1.807, 2.05) is 0 Å². The van der Waals surface area contributed by atoms with Crippen molar-refractivity contribution in [1.29, 1.82) is 0 Å². The van der Waals surface area contributed by atoms with Gasteiger partial charge < -0.3 is 4.74 Å². The number of imidazole rings is 1. The Morgan fingerprint density at radius 3 is 2.28 bits per heavy atom. The fourth-order valence-electron chi connectivity index (χ4n) is 2.17. The zero-order chi connectivity index (χ0) is 14.0. The van der Waals surface area contributed by atoms with E-state index in [4.69, 9.17) is 4.74 Å². The van der Waals surface area contributed by atoms with Crippen molar-refractivity contribution in [2.75, 3.05) is 6.61 Å². The minimum Gasteiger partial charge on any atom is -0.376 e. The predicted octanol–water partition coefficient (Wildman–Crippen LogP) is 2.95. The van der Waals surface area contributed by atoms with E-state index in [0.29, 0.717) is 0 Å². The molecule has 1 heterocycles. The lowest BCUT2D eigenvalue weighted by atomic mass is 9.94. The molecule has 0 aromatic carbocycles. The van der Waals surface area contributed by atoms with Crippen molar-refractivity contribution in [3.63, 3.8) is 0 Å². The van der Waals surface area contributed by atoms with Crippen molar-refractivity contribution in [3.05, 3.63) is 18.2 Å². The Morgan fingerprint density at radius 2 is 1.89 bits per heavy atom. The SMILES string of the molecule is CCC(C)(CCOC(C)(C)C)n1cc[n+](C)c1C. The lowest BCUT2D eigenvalue weighted by Crippen LogP contribution is -2.37. The van der Waals surface area contributed by atoms with Crippen LogP contribution in [0.25, 0.3) is 0 Å². The highest BCUT2D eigenvalue weighted by atomic mass is 16.5. The Labute approximate surface area is 112 Å². The van der Waals surface area contributed by atoms with Gasteiger partial charge in [0.2, 0.25) is 0 Å². The molecule has 0 radical (unpaired) electrons. The summed E-state index contributed by atoms with van der Waals surface area (Å²) < 4.78 is 10.4. The normalized spacial score (nSPS) is 15.7. The molecule has 0 bridgehead atoms. The van der Waals surface area contributed by atoms with Crippen LogP contribution in [0.1, 0.15) is 53.3 Å². The van der Waals surface area contributed by atoms with Gasteiger partial charge in [-0.25, -0.2) is 9.13 Å². The molecule has 0 spiro atoms. The first-order chi connectivity index (χ1) is 8.19. The first-order valence-corrected chi connectivity index (χ1v) is 6.87. The molecule has 1 atom stereocenters. The highest BCUT2D eigenvalue weighted by Gasteiger charge is 2.32. The zero-order valence-corrected chi connectivity index (χ0v) is 13.1. The molecule has 0 aliphatic rings. The van der Waals surface area contributed by atoms with Gasteiger partial charge in [0.05, 0.1) is 19.3 Å². The molecule has 0 fully saturated rings. The van der Waals surface area contributed by atoms with Gasteiger partial charge in [-0.2, -0.15) is 0 Å². The number of rotatable bonds is 5. The van der Waals surface area contributed by atoms with Gasteiger partial charge in [-0.05, 0) is 34.1 Å². The van der Waals surface area contributed by atoms with Crippen molar-refractivity contribution in [1.82, 2.24) is 4.57 Å². The van der Waals surface area contributed by atoms with Crippen LogP contribution in [0.2, 0.25) is 0 Å². The van der Waals surface area contributed by atoms with E-state index in [-0.39, 0.29) is 11.1 Å². The van der Waals surface area contributed by atoms with Gasteiger partial charge in [0.25, 0.3) is 5.82 Å². The van der Waals surface area contributed by atoms with E-state index in [1.54, 1.807) is 0 Å². The number of ether oxygens (including phenoxy) is 1. The third-order valence-electron chi connectivity index (χ3n) is 3.82. The minimum absolute atomic E-state index is 0.0505. The van der Waals surface area contributed by atoms with Gasteiger partial charge in [0.1, 0.15) is 17.9 Å². The number of aryl methyl sites for hydroxylation is 1. The molecule has 1 aromatic rings. The zero-order valence-electron chi connectivity index (χ0n) is 13.1. The molecule has 1 rings (SSSR count). The number of nitrogens with zero attached hydrogens (tertiary/aromatic N) is 2. The van der Waals surface area contributed by atoms with E-state index in [1.165, 1.54) is 5.82 Å². The summed E-state index contributed by atoms with van der Waals surface area (Å²) in [5, 5.41) is 0. The molecule has 0 amide bonds. The van der Waals surface area contributed by atoms with Crippen LogP contribution in [0.4, 0.5) is 0 Å². The van der Waals surface area contributed by atoms with Crippen LogP contribution in [0.3, 0.4) is 0 Å². The number of hydrogen-bond acceptors (Lipinski definition) is 1. The molecule has 0 saturated carbocycles. The summed E-state index contributed by atoms with van der Waals surface area (Å²) >= 11 is 0. The van der Waals surface area contributed by atoms with Gasteiger partial charge in [0.15, 0.2) is 0 Å². The van der Waals surface area contributed by atoms with Crippen molar-refractivity contribution in [3.8, 4) is 0 Å². The second kappa shape index (κ2) is 5.43. The molecule has 0 saturated heterocycles. The molecule has 0 aliphatic carbocycles. The lowest BCUT2D eigenvalue weighted by molar-refractivity contribution is -0.677. The van der Waals surface area contributed by atoms with E-state index in [0.717, 1.165) is 19.4 Å². The second-order valence-corrected chi connectivity index (χ2v) is 6.39. The molecule has 3 heteroatoms. The van der Waals surface area contributed by atoms with Crippen molar-refractivity contribution in [2.45, 2.75) is 65.5 Å². The summed E-state index contributed by atoms with van der Waals surface area (Å²) in [5.74, 6) is 1.29. The van der Waals surface area contributed by atoms with E-state index in [9.17, 15) is 0 Å². The fraction of sp³-hybridized carbons (Fsp3) is 0.800. The molecule has 1 aromatic heterocycles. The average Bonchev–Trinajstić information content (AvgIpc) is 2.58. The molecule has 0 aliphatic heterocycles. The van der Waals surface area contributed by atoms with Crippen LogP contribution in [0.5, 0.6) is 0 Å². The average molecular weight is 253 g/mol. The van der Waals surface area contributed by atoms with E-state index < -0.39 is 0 Å². The summed E-state index contributed by atoms with van der Waals surface area (Å²) in [6.45, 7) is 13.8. The quantitative estimate of drug-likeness (QED) is 0.738. The maximum Gasteiger partial charge on any atom is 0.253 e. The third-order valence-corrected chi connectivity index (χ3v) is 3.82. The van der Waals surface area contributed by atoms with E-state index in [2.05, 4.69) is 70.1 Å². The molecular formula is C15H29N2O+. The Morgan fingerprint density at radius 1 is 1.28 bits per heavy atom. The summed E-state index contributed by atoms with van der Waals surface area (Å²) in [6.07, 6.45) is 6.44. The fourth-order valence-corrected chi connectivity index (χ4v) is 2.17. The largest absolute Gasteiger partial charge is 0.376 e. The summed E-state index contributed by atoms with van der Waals surface area (Å²) in [7, 11) is 2.09. The van der Waals surface area contributed by atoms with Crippen LogP contribution in [0.15, 0.2) is 12.4 Å². The Bertz CT molecular complexity index is 390. The topological polar surface area (TPSA) is 18.0 Å². The van der Waals surface area contributed by atoms with Gasteiger partial charge in [-0.1, -0.05) is 6.92 Å². The van der Waals surface area contributed by atoms with Gasteiger partial charge in [0, 0.05) is 13.3 Å². The monoisotopic (exact) mass is 253 g/mol. The van der Waals surface area contributed by atoms with Crippen molar-refractivity contribution < 1.29 is 9.30 Å². The molecule has 18 heavy (non-hydrogen) atoms. The maximum atomic E-state index is 5.87. The number of aromatic nitrogens is 2. The first kappa shape index (κ1) is 15.2. The van der Waals surface area contributed by atoms with Crippen LogP contribution in [0, 0.1) is 6.92 Å².